The molecule has 0 saturated heterocycles. The van der Waals surface area contributed by atoms with Gasteiger partial charge in [0.15, 0.2) is 0 Å². The SMILES string of the molecule is CCOC(=O)c1c(C)nn(-c2ccc(C(=O)Nc3ccc(Oc4ccccc4)cc3)cc2)c1C. The molecule has 1 N–H and O–H groups in total. The fraction of sp³-hybridized carbons (Fsp3) is 0.148. The molecule has 1 amide bonds. The molecule has 7 nitrogen and oxygen atoms in total. The number of para-hydroxylation sites is 1. The van der Waals surface area contributed by atoms with Gasteiger partial charge in [-0.25, -0.2) is 9.48 Å². The molecule has 0 unspecified atom stereocenters. The number of carbonyl (C=O) groups is 2. The Labute approximate surface area is 197 Å². The third-order valence-electron chi connectivity index (χ3n) is 5.24. The van der Waals surface area contributed by atoms with E-state index in [0.717, 1.165) is 11.4 Å². The van der Waals surface area contributed by atoms with Crippen LogP contribution >= 0.6 is 0 Å². The molecular weight excluding hydrogens is 430 g/mol. The smallest absolute Gasteiger partial charge is 0.341 e. The van der Waals surface area contributed by atoms with Crippen LogP contribution in [0.25, 0.3) is 5.69 Å². The highest BCUT2D eigenvalue weighted by Gasteiger charge is 2.20. The van der Waals surface area contributed by atoms with Gasteiger partial charge in [-0.2, -0.15) is 5.10 Å². The molecule has 0 aliphatic carbocycles. The van der Waals surface area contributed by atoms with Crippen molar-refractivity contribution < 1.29 is 19.1 Å². The van der Waals surface area contributed by atoms with Crippen LogP contribution in [-0.2, 0) is 4.74 Å². The molecule has 0 aliphatic heterocycles. The van der Waals surface area contributed by atoms with Crippen molar-refractivity contribution in [3.8, 4) is 17.2 Å². The van der Waals surface area contributed by atoms with Gasteiger partial charge in [-0.05, 0) is 81.4 Å². The van der Waals surface area contributed by atoms with Crippen LogP contribution in [0.15, 0.2) is 78.9 Å². The molecule has 0 fully saturated rings. The maximum Gasteiger partial charge on any atom is 0.341 e. The Morgan fingerprint density at radius 2 is 1.53 bits per heavy atom. The van der Waals surface area contributed by atoms with Crippen molar-refractivity contribution in [2.75, 3.05) is 11.9 Å². The Morgan fingerprint density at radius 3 is 2.18 bits per heavy atom. The fourth-order valence-electron chi connectivity index (χ4n) is 3.58. The van der Waals surface area contributed by atoms with Gasteiger partial charge in [0.05, 0.1) is 23.7 Å². The highest BCUT2D eigenvalue weighted by molar-refractivity contribution is 6.04. The van der Waals surface area contributed by atoms with E-state index in [2.05, 4.69) is 10.4 Å². The summed E-state index contributed by atoms with van der Waals surface area (Å²) in [6.07, 6.45) is 0. The largest absolute Gasteiger partial charge is 0.462 e. The first-order valence-electron chi connectivity index (χ1n) is 10.9. The van der Waals surface area contributed by atoms with Gasteiger partial charge in [0, 0.05) is 11.3 Å². The van der Waals surface area contributed by atoms with E-state index in [9.17, 15) is 9.59 Å². The summed E-state index contributed by atoms with van der Waals surface area (Å²) in [6.45, 7) is 5.66. The van der Waals surface area contributed by atoms with E-state index in [1.165, 1.54) is 0 Å². The molecule has 1 heterocycles. The summed E-state index contributed by atoms with van der Waals surface area (Å²) in [5.41, 5.74) is 3.65. The average molecular weight is 456 g/mol. The van der Waals surface area contributed by atoms with Crippen molar-refractivity contribution in [3.05, 3.63) is 101 Å². The number of esters is 1. The monoisotopic (exact) mass is 455 g/mol. The Hall–Kier alpha value is -4.39. The zero-order valence-electron chi connectivity index (χ0n) is 19.2. The Bertz CT molecular complexity index is 1290. The molecule has 34 heavy (non-hydrogen) atoms. The van der Waals surface area contributed by atoms with Crippen molar-refractivity contribution in [2.45, 2.75) is 20.8 Å². The molecular formula is C27H25N3O4. The first-order chi connectivity index (χ1) is 16.5. The Kier molecular flexibility index (Phi) is 6.73. The van der Waals surface area contributed by atoms with Crippen LogP contribution in [0.1, 0.15) is 39.0 Å². The van der Waals surface area contributed by atoms with Crippen molar-refractivity contribution in [3.63, 3.8) is 0 Å². The minimum Gasteiger partial charge on any atom is -0.462 e. The number of carbonyl (C=O) groups excluding carboxylic acids is 2. The van der Waals surface area contributed by atoms with Crippen LogP contribution in [-0.4, -0.2) is 28.3 Å². The number of hydrogen-bond acceptors (Lipinski definition) is 5. The van der Waals surface area contributed by atoms with Gasteiger partial charge in [0.1, 0.15) is 17.1 Å². The predicted octanol–water partition coefficient (Wildman–Crippen LogP) is 5.71. The third kappa shape index (κ3) is 4.99. The lowest BCUT2D eigenvalue weighted by Gasteiger charge is -2.09. The minimum atomic E-state index is -0.389. The van der Waals surface area contributed by atoms with Crippen LogP contribution < -0.4 is 10.1 Å². The molecule has 1 aromatic heterocycles. The van der Waals surface area contributed by atoms with E-state index in [1.54, 1.807) is 67.1 Å². The molecule has 0 spiro atoms. The summed E-state index contributed by atoms with van der Waals surface area (Å²) >= 11 is 0. The van der Waals surface area contributed by atoms with Gasteiger partial charge in [0.25, 0.3) is 5.91 Å². The van der Waals surface area contributed by atoms with Gasteiger partial charge < -0.3 is 14.8 Å². The fourth-order valence-corrected chi connectivity index (χ4v) is 3.58. The molecule has 0 bridgehead atoms. The van der Waals surface area contributed by atoms with Gasteiger partial charge >= 0.3 is 5.97 Å². The van der Waals surface area contributed by atoms with Crippen LogP contribution in [0.2, 0.25) is 0 Å². The highest BCUT2D eigenvalue weighted by Crippen LogP contribution is 2.23. The summed E-state index contributed by atoms with van der Waals surface area (Å²) < 4.78 is 12.6. The first kappa shape index (κ1) is 22.8. The first-order valence-corrected chi connectivity index (χ1v) is 10.9. The number of aryl methyl sites for hydroxylation is 1. The van der Waals surface area contributed by atoms with E-state index in [1.807, 2.05) is 37.3 Å². The molecule has 4 rings (SSSR count). The summed E-state index contributed by atoms with van der Waals surface area (Å²) in [6, 6.07) is 23.7. The molecule has 0 atom stereocenters. The number of nitrogens with zero attached hydrogens (tertiary/aromatic N) is 2. The Morgan fingerprint density at radius 1 is 0.882 bits per heavy atom. The van der Waals surface area contributed by atoms with Crippen molar-refractivity contribution >= 4 is 17.6 Å². The topological polar surface area (TPSA) is 82.5 Å². The minimum absolute atomic E-state index is 0.233. The van der Waals surface area contributed by atoms with E-state index in [-0.39, 0.29) is 11.9 Å². The maximum absolute atomic E-state index is 12.7. The van der Waals surface area contributed by atoms with Crippen LogP contribution in [0.5, 0.6) is 11.5 Å². The number of ether oxygens (including phenoxy) is 2. The number of benzene rings is 3. The second kappa shape index (κ2) is 10.0. The second-order valence-electron chi connectivity index (χ2n) is 7.62. The molecule has 0 aliphatic rings. The normalized spacial score (nSPS) is 10.6. The van der Waals surface area contributed by atoms with Gasteiger partial charge in [0.2, 0.25) is 0 Å². The van der Waals surface area contributed by atoms with Crippen molar-refractivity contribution in [1.82, 2.24) is 9.78 Å². The number of amides is 1. The molecule has 7 heteroatoms. The highest BCUT2D eigenvalue weighted by atomic mass is 16.5. The number of hydrogen-bond donors (Lipinski definition) is 1. The quantitative estimate of drug-likeness (QED) is 0.361. The van der Waals surface area contributed by atoms with E-state index >= 15 is 0 Å². The summed E-state index contributed by atoms with van der Waals surface area (Å²) in [5, 5.41) is 7.35. The summed E-state index contributed by atoms with van der Waals surface area (Å²) in [7, 11) is 0. The third-order valence-corrected chi connectivity index (χ3v) is 5.24. The zero-order valence-corrected chi connectivity index (χ0v) is 19.2. The maximum atomic E-state index is 12.7. The van der Waals surface area contributed by atoms with Crippen molar-refractivity contribution in [1.29, 1.82) is 0 Å². The molecule has 0 radical (unpaired) electrons. The van der Waals surface area contributed by atoms with E-state index in [4.69, 9.17) is 9.47 Å². The molecule has 4 aromatic rings. The standard InChI is InChI=1S/C27H25N3O4/c1-4-33-27(32)25-18(2)29-30(19(25)3)22-14-10-20(11-15-22)26(31)28-21-12-16-24(17-13-21)34-23-8-6-5-7-9-23/h5-17H,4H2,1-3H3,(H,28,31). The average Bonchev–Trinajstić information content (AvgIpc) is 3.15. The summed E-state index contributed by atoms with van der Waals surface area (Å²) in [4.78, 5) is 24.9. The lowest BCUT2D eigenvalue weighted by Crippen LogP contribution is -2.12. The second-order valence-corrected chi connectivity index (χ2v) is 7.62. The van der Waals surface area contributed by atoms with Gasteiger partial charge in [-0.3, -0.25) is 4.79 Å². The lowest BCUT2D eigenvalue weighted by atomic mass is 10.1. The van der Waals surface area contributed by atoms with Gasteiger partial charge in [-0.1, -0.05) is 18.2 Å². The predicted molar refractivity (Wildman–Crippen MR) is 130 cm³/mol. The molecule has 172 valence electrons. The molecule has 0 saturated carbocycles. The number of nitrogens with one attached hydrogen (secondary N) is 1. The Balaban J connectivity index is 1.44. The van der Waals surface area contributed by atoms with Crippen LogP contribution in [0.4, 0.5) is 5.69 Å². The molecule has 3 aromatic carbocycles. The summed E-state index contributed by atoms with van der Waals surface area (Å²) in [5.74, 6) is 0.806. The zero-order chi connectivity index (χ0) is 24.1. The van der Waals surface area contributed by atoms with Crippen LogP contribution in [0.3, 0.4) is 0 Å². The van der Waals surface area contributed by atoms with E-state index < -0.39 is 0 Å². The number of rotatable bonds is 7. The number of aromatic nitrogens is 2. The van der Waals surface area contributed by atoms with E-state index in [0.29, 0.717) is 40.6 Å². The van der Waals surface area contributed by atoms with Gasteiger partial charge in [-0.15, -0.1) is 0 Å². The van der Waals surface area contributed by atoms with Crippen LogP contribution in [0, 0.1) is 13.8 Å². The number of anilines is 1. The van der Waals surface area contributed by atoms with Crippen molar-refractivity contribution in [2.24, 2.45) is 0 Å². The lowest BCUT2D eigenvalue weighted by molar-refractivity contribution is 0.0524.